The Bertz CT molecular complexity index is 155. The van der Waals surface area contributed by atoms with Gasteiger partial charge in [0, 0.05) is 28.6 Å². The fourth-order valence-electron chi connectivity index (χ4n) is 1.74. The van der Waals surface area contributed by atoms with E-state index in [-0.39, 0.29) is 0 Å². The van der Waals surface area contributed by atoms with E-state index in [0.717, 1.165) is 11.7 Å². The lowest BCUT2D eigenvalue weighted by Gasteiger charge is -2.29. The normalized spacial score (nSPS) is 24.5. The fraction of sp³-hybridized carbons (Fsp3) is 0.818. The topological polar surface area (TPSA) is 12.0 Å². The first-order valence-electron chi connectivity index (χ1n) is 5.36. The second-order valence-corrected chi connectivity index (χ2v) is 6.10. The van der Waals surface area contributed by atoms with Crippen molar-refractivity contribution in [2.45, 2.75) is 30.6 Å². The number of allylic oxidation sites excluding steroid dienone is 1. The Morgan fingerprint density at radius 3 is 3.00 bits per heavy atom. The maximum atomic E-state index is 3.77. The van der Waals surface area contributed by atoms with E-state index >= 15 is 0 Å². The standard InChI is InChI=1S/C11H21NS2/c1-3-4-5-6-10(12-2)11-9-13-7-8-14-11/h3,10-12H,1,4-9H2,2H3. The quantitative estimate of drug-likeness (QED) is 0.558. The molecule has 0 bridgehead atoms. The Kier molecular flexibility index (Phi) is 6.82. The van der Waals surface area contributed by atoms with E-state index in [1.807, 2.05) is 6.08 Å². The van der Waals surface area contributed by atoms with Crippen LogP contribution in [0.25, 0.3) is 0 Å². The molecule has 0 aromatic rings. The van der Waals surface area contributed by atoms with Crippen LogP contribution < -0.4 is 5.32 Å². The van der Waals surface area contributed by atoms with Gasteiger partial charge in [0.25, 0.3) is 0 Å². The third-order valence-corrected chi connectivity index (χ3v) is 5.50. The average Bonchev–Trinajstić information content (AvgIpc) is 2.26. The zero-order valence-electron chi connectivity index (χ0n) is 9.00. The van der Waals surface area contributed by atoms with E-state index in [2.05, 4.69) is 42.5 Å². The van der Waals surface area contributed by atoms with Crippen LogP contribution in [0.3, 0.4) is 0 Å². The van der Waals surface area contributed by atoms with Crippen LogP contribution in [0.1, 0.15) is 19.3 Å². The number of hydrogen-bond donors (Lipinski definition) is 1. The van der Waals surface area contributed by atoms with Crippen LogP contribution in [-0.2, 0) is 0 Å². The van der Waals surface area contributed by atoms with Crippen LogP contribution in [0.4, 0.5) is 0 Å². The summed E-state index contributed by atoms with van der Waals surface area (Å²) in [4.78, 5) is 0. The molecule has 1 heterocycles. The maximum Gasteiger partial charge on any atom is 0.0291 e. The Hall–Kier alpha value is 0.400. The van der Waals surface area contributed by atoms with Crippen LogP contribution >= 0.6 is 23.5 Å². The van der Waals surface area contributed by atoms with E-state index in [9.17, 15) is 0 Å². The molecule has 3 heteroatoms. The summed E-state index contributed by atoms with van der Waals surface area (Å²) in [5, 5.41) is 4.28. The van der Waals surface area contributed by atoms with E-state index in [4.69, 9.17) is 0 Å². The van der Waals surface area contributed by atoms with Gasteiger partial charge in [0.15, 0.2) is 0 Å². The first kappa shape index (κ1) is 12.5. The first-order chi connectivity index (χ1) is 6.88. The lowest BCUT2D eigenvalue weighted by molar-refractivity contribution is 0.505. The van der Waals surface area contributed by atoms with Crippen molar-refractivity contribution >= 4 is 23.5 Å². The Morgan fingerprint density at radius 1 is 1.57 bits per heavy atom. The predicted octanol–water partition coefficient (Wildman–Crippen LogP) is 2.78. The molecule has 0 aromatic heterocycles. The van der Waals surface area contributed by atoms with Crippen molar-refractivity contribution in [1.82, 2.24) is 5.32 Å². The van der Waals surface area contributed by atoms with E-state index < -0.39 is 0 Å². The summed E-state index contributed by atoms with van der Waals surface area (Å²) < 4.78 is 0. The number of nitrogens with one attached hydrogen (secondary N) is 1. The van der Waals surface area contributed by atoms with Gasteiger partial charge >= 0.3 is 0 Å². The van der Waals surface area contributed by atoms with Crippen LogP contribution in [0, 0.1) is 0 Å². The van der Waals surface area contributed by atoms with Crippen molar-refractivity contribution in [1.29, 1.82) is 0 Å². The van der Waals surface area contributed by atoms with Gasteiger partial charge in [-0.15, -0.1) is 6.58 Å². The van der Waals surface area contributed by atoms with Gasteiger partial charge in [-0.2, -0.15) is 23.5 Å². The maximum absolute atomic E-state index is 3.77. The Labute approximate surface area is 96.5 Å². The van der Waals surface area contributed by atoms with Gasteiger partial charge in [0.05, 0.1) is 0 Å². The van der Waals surface area contributed by atoms with Crippen LogP contribution in [-0.4, -0.2) is 35.6 Å². The minimum Gasteiger partial charge on any atom is -0.316 e. The van der Waals surface area contributed by atoms with Crippen molar-refractivity contribution in [3.63, 3.8) is 0 Å². The van der Waals surface area contributed by atoms with Gasteiger partial charge in [-0.05, 0) is 26.3 Å². The molecule has 1 aliphatic heterocycles. The minimum atomic E-state index is 0.702. The summed E-state index contributed by atoms with van der Waals surface area (Å²) >= 11 is 4.25. The van der Waals surface area contributed by atoms with Gasteiger partial charge in [0.1, 0.15) is 0 Å². The molecule has 1 rings (SSSR count). The molecule has 14 heavy (non-hydrogen) atoms. The number of hydrogen-bond acceptors (Lipinski definition) is 3. The van der Waals surface area contributed by atoms with Crippen LogP contribution in [0.5, 0.6) is 0 Å². The Morgan fingerprint density at radius 2 is 2.43 bits per heavy atom. The highest BCUT2D eigenvalue weighted by molar-refractivity contribution is 8.06. The molecule has 2 unspecified atom stereocenters. The highest BCUT2D eigenvalue weighted by atomic mass is 32.2. The molecule has 0 amide bonds. The molecular weight excluding hydrogens is 210 g/mol. The molecule has 0 aromatic carbocycles. The van der Waals surface area contributed by atoms with Crippen molar-refractivity contribution in [3.8, 4) is 0 Å². The lowest BCUT2D eigenvalue weighted by atomic mass is 10.1. The second-order valence-electron chi connectivity index (χ2n) is 3.60. The van der Waals surface area contributed by atoms with Gasteiger partial charge in [-0.1, -0.05) is 6.08 Å². The number of rotatable bonds is 6. The van der Waals surface area contributed by atoms with Crippen molar-refractivity contribution in [2.24, 2.45) is 0 Å². The predicted molar refractivity (Wildman–Crippen MR) is 70.5 cm³/mol. The zero-order valence-corrected chi connectivity index (χ0v) is 10.6. The molecule has 0 aliphatic carbocycles. The molecule has 1 saturated heterocycles. The van der Waals surface area contributed by atoms with Crippen molar-refractivity contribution in [3.05, 3.63) is 12.7 Å². The molecule has 0 spiro atoms. The first-order valence-corrected chi connectivity index (χ1v) is 7.56. The minimum absolute atomic E-state index is 0.702. The van der Waals surface area contributed by atoms with E-state index in [1.54, 1.807) is 0 Å². The summed E-state index contributed by atoms with van der Waals surface area (Å²) in [5.41, 5.74) is 0. The fourth-order valence-corrected chi connectivity index (χ4v) is 4.70. The average molecular weight is 231 g/mol. The smallest absolute Gasteiger partial charge is 0.0291 e. The summed E-state index contributed by atoms with van der Waals surface area (Å²) in [6, 6.07) is 0.702. The largest absolute Gasteiger partial charge is 0.316 e. The molecule has 2 atom stereocenters. The summed E-state index contributed by atoms with van der Waals surface area (Å²) in [5.74, 6) is 3.99. The van der Waals surface area contributed by atoms with Gasteiger partial charge in [-0.25, -0.2) is 0 Å². The molecule has 1 fully saturated rings. The second kappa shape index (κ2) is 7.66. The number of unbranched alkanes of at least 4 members (excludes halogenated alkanes) is 1. The molecule has 1 N–H and O–H groups in total. The summed E-state index contributed by atoms with van der Waals surface area (Å²) in [6.07, 6.45) is 5.75. The molecular formula is C11H21NS2. The molecule has 1 nitrogen and oxygen atoms in total. The number of thioether (sulfide) groups is 2. The van der Waals surface area contributed by atoms with Crippen molar-refractivity contribution < 1.29 is 0 Å². The van der Waals surface area contributed by atoms with Gasteiger partial charge < -0.3 is 5.32 Å². The molecule has 82 valence electrons. The van der Waals surface area contributed by atoms with Crippen LogP contribution in [0.2, 0.25) is 0 Å². The Balaban J connectivity index is 2.24. The monoisotopic (exact) mass is 231 g/mol. The van der Waals surface area contributed by atoms with Gasteiger partial charge in [0.2, 0.25) is 0 Å². The molecule has 1 aliphatic rings. The van der Waals surface area contributed by atoms with E-state index in [1.165, 1.54) is 30.1 Å². The van der Waals surface area contributed by atoms with Crippen molar-refractivity contribution in [2.75, 3.05) is 24.3 Å². The summed E-state index contributed by atoms with van der Waals surface area (Å²) in [7, 11) is 2.10. The SMILES string of the molecule is C=CCCCC(NC)C1CSCCS1. The lowest BCUT2D eigenvalue weighted by Crippen LogP contribution is -2.38. The van der Waals surface area contributed by atoms with E-state index in [0.29, 0.717) is 6.04 Å². The molecule has 0 saturated carbocycles. The third kappa shape index (κ3) is 4.28. The highest BCUT2D eigenvalue weighted by Crippen LogP contribution is 2.28. The summed E-state index contributed by atoms with van der Waals surface area (Å²) in [6.45, 7) is 3.77. The molecule has 0 radical (unpaired) electrons. The highest BCUT2D eigenvalue weighted by Gasteiger charge is 2.22. The zero-order chi connectivity index (χ0) is 10.2. The van der Waals surface area contributed by atoms with Gasteiger partial charge in [-0.3, -0.25) is 0 Å². The van der Waals surface area contributed by atoms with Crippen LogP contribution in [0.15, 0.2) is 12.7 Å². The third-order valence-electron chi connectivity index (χ3n) is 2.58.